The first-order valence-corrected chi connectivity index (χ1v) is 11.2. The topological polar surface area (TPSA) is 70.1 Å². The van der Waals surface area contributed by atoms with Crippen LogP contribution in [0.25, 0.3) is 5.76 Å². The van der Waals surface area contributed by atoms with Crippen molar-refractivity contribution in [3.05, 3.63) is 82.4 Å². The lowest BCUT2D eigenvalue weighted by molar-refractivity contribution is -0.139. The van der Waals surface area contributed by atoms with Gasteiger partial charge in [0.15, 0.2) is 0 Å². The zero-order chi connectivity index (χ0) is 23.3. The lowest BCUT2D eigenvalue weighted by Gasteiger charge is -2.26. The molecule has 0 spiro atoms. The summed E-state index contributed by atoms with van der Waals surface area (Å²) in [4.78, 5) is 29.6. The fourth-order valence-electron chi connectivity index (χ4n) is 3.71. The quantitative estimate of drug-likeness (QED) is 0.240. The molecule has 1 N–H and O–H groups in total. The lowest BCUT2D eigenvalue weighted by Crippen LogP contribution is -2.32. The summed E-state index contributed by atoms with van der Waals surface area (Å²) in [7, 11) is 3.92. The summed E-state index contributed by atoms with van der Waals surface area (Å²) >= 11 is 3.47. The molecule has 0 unspecified atom stereocenters. The number of halogens is 1. The molecule has 0 radical (unpaired) electrons. The Morgan fingerprint density at radius 3 is 2.56 bits per heavy atom. The SMILES string of the molecule is C=CCOc1ccc(/C(O)=C2\C(=O)C(=O)N(CCCN(C)C)[C@@H]2c2cccc(Br)c2)cc1. The predicted molar refractivity (Wildman–Crippen MR) is 128 cm³/mol. The molecule has 1 atom stereocenters. The number of carbonyl (C=O) groups is 2. The highest BCUT2D eigenvalue weighted by Gasteiger charge is 2.45. The first-order valence-electron chi connectivity index (χ1n) is 10.4. The van der Waals surface area contributed by atoms with Crippen molar-refractivity contribution in [3.8, 4) is 5.75 Å². The van der Waals surface area contributed by atoms with Crippen molar-refractivity contribution in [2.24, 2.45) is 0 Å². The van der Waals surface area contributed by atoms with Crippen LogP contribution < -0.4 is 4.74 Å². The first kappa shape index (κ1) is 23.8. The molecule has 1 amide bonds. The number of Topliss-reactive ketones (excluding diaryl/α,β-unsaturated/α-hetero) is 1. The highest BCUT2D eigenvalue weighted by atomic mass is 79.9. The lowest BCUT2D eigenvalue weighted by atomic mass is 9.95. The zero-order valence-corrected chi connectivity index (χ0v) is 19.8. The number of benzene rings is 2. The molecule has 168 valence electrons. The number of hydrogen-bond donors (Lipinski definition) is 1. The Labute approximate surface area is 196 Å². The molecule has 1 fully saturated rings. The maximum atomic E-state index is 13.0. The van der Waals surface area contributed by atoms with Gasteiger partial charge in [-0.3, -0.25) is 9.59 Å². The summed E-state index contributed by atoms with van der Waals surface area (Å²) in [6.07, 6.45) is 2.35. The summed E-state index contributed by atoms with van der Waals surface area (Å²) in [6, 6.07) is 13.6. The Hall–Kier alpha value is -2.90. The van der Waals surface area contributed by atoms with Gasteiger partial charge in [0.05, 0.1) is 11.6 Å². The van der Waals surface area contributed by atoms with Crippen molar-refractivity contribution in [2.45, 2.75) is 12.5 Å². The Morgan fingerprint density at radius 2 is 1.94 bits per heavy atom. The minimum Gasteiger partial charge on any atom is -0.507 e. The highest BCUT2D eigenvalue weighted by molar-refractivity contribution is 9.10. The minimum absolute atomic E-state index is 0.0951. The van der Waals surface area contributed by atoms with Gasteiger partial charge in [0.2, 0.25) is 0 Å². The number of rotatable bonds is 9. The van der Waals surface area contributed by atoms with Gasteiger partial charge in [0, 0.05) is 16.6 Å². The van der Waals surface area contributed by atoms with Crippen molar-refractivity contribution in [3.63, 3.8) is 0 Å². The van der Waals surface area contributed by atoms with Gasteiger partial charge in [-0.1, -0.05) is 40.7 Å². The fraction of sp³-hybridized carbons (Fsp3) is 0.280. The number of carbonyl (C=O) groups excluding carboxylic acids is 2. The third-order valence-corrected chi connectivity index (χ3v) is 5.70. The minimum atomic E-state index is -0.677. The highest BCUT2D eigenvalue weighted by Crippen LogP contribution is 2.40. The molecular weight excluding hydrogens is 472 g/mol. The molecule has 1 aliphatic rings. The van der Waals surface area contributed by atoms with Crippen molar-refractivity contribution in [1.29, 1.82) is 0 Å². The van der Waals surface area contributed by atoms with E-state index < -0.39 is 17.7 Å². The van der Waals surface area contributed by atoms with E-state index in [1.807, 2.05) is 43.3 Å². The van der Waals surface area contributed by atoms with Gasteiger partial charge in [0.25, 0.3) is 11.7 Å². The molecule has 2 aromatic carbocycles. The van der Waals surface area contributed by atoms with Crippen LogP contribution in [0, 0.1) is 0 Å². The summed E-state index contributed by atoms with van der Waals surface area (Å²) in [5.74, 6) is -0.849. The second-order valence-electron chi connectivity index (χ2n) is 7.83. The molecule has 1 aliphatic heterocycles. The van der Waals surface area contributed by atoms with Crippen LogP contribution in [0.1, 0.15) is 23.6 Å². The van der Waals surface area contributed by atoms with E-state index in [4.69, 9.17) is 4.74 Å². The third-order valence-electron chi connectivity index (χ3n) is 5.20. The van der Waals surface area contributed by atoms with Crippen molar-refractivity contribution >= 4 is 33.4 Å². The third kappa shape index (κ3) is 5.29. The predicted octanol–water partition coefficient (Wildman–Crippen LogP) is 4.39. The summed E-state index contributed by atoms with van der Waals surface area (Å²) in [6.45, 7) is 5.17. The molecule has 2 aromatic rings. The molecule has 1 saturated heterocycles. The normalized spacial score (nSPS) is 17.8. The smallest absolute Gasteiger partial charge is 0.295 e. The average molecular weight is 499 g/mol. The number of likely N-dealkylation sites (tertiary alicyclic amines) is 1. The number of aliphatic hydroxyl groups excluding tert-OH is 1. The second-order valence-corrected chi connectivity index (χ2v) is 8.74. The molecular formula is C25H27BrN2O4. The van der Waals surface area contributed by atoms with Crippen LogP contribution >= 0.6 is 15.9 Å². The van der Waals surface area contributed by atoms with E-state index in [1.165, 1.54) is 0 Å². The molecule has 0 saturated carbocycles. The number of hydrogen-bond acceptors (Lipinski definition) is 5. The van der Waals surface area contributed by atoms with Gasteiger partial charge in [0.1, 0.15) is 18.1 Å². The van der Waals surface area contributed by atoms with E-state index in [0.717, 1.165) is 16.6 Å². The maximum absolute atomic E-state index is 13.0. The van der Waals surface area contributed by atoms with E-state index in [-0.39, 0.29) is 11.3 Å². The van der Waals surface area contributed by atoms with Gasteiger partial charge < -0.3 is 19.6 Å². The van der Waals surface area contributed by atoms with E-state index in [2.05, 4.69) is 22.5 Å². The number of aliphatic hydroxyl groups is 1. The number of amides is 1. The molecule has 0 aromatic heterocycles. The zero-order valence-electron chi connectivity index (χ0n) is 18.3. The molecule has 6 nitrogen and oxygen atoms in total. The van der Waals surface area contributed by atoms with Gasteiger partial charge in [-0.05, 0) is 69.0 Å². The number of nitrogens with zero attached hydrogens (tertiary/aromatic N) is 2. The standard InChI is InChI=1S/C25H27BrN2O4/c1-4-15-32-20-11-9-17(10-12-20)23(29)21-22(18-7-5-8-19(26)16-18)28(25(31)24(21)30)14-6-13-27(2)3/h4-5,7-12,16,22,29H,1,6,13-15H2,2-3H3/b23-21+/t22-/m1/s1. The molecule has 0 aliphatic carbocycles. The molecule has 3 rings (SSSR count). The van der Waals surface area contributed by atoms with Crippen LogP contribution in [-0.4, -0.2) is 60.4 Å². The number of ketones is 1. The Kier molecular flexibility index (Phi) is 7.88. The van der Waals surface area contributed by atoms with Crippen molar-refractivity contribution < 1.29 is 19.4 Å². The van der Waals surface area contributed by atoms with Crippen molar-refractivity contribution in [2.75, 3.05) is 33.8 Å². The van der Waals surface area contributed by atoms with Crippen LogP contribution in [0.2, 0.25) is 0 Å². The van der Waals surface area contributed by atoms with Gasteiger partial charge in [-0.25, -0.2) is 0 Å². The Morgan fingerprint density at radius 1 is 1.22 bits per heavy atom. The van der Waals surface area contributed by atoms with Gasteiger partial charge in [-0.2, -0.15) is 0 Å². The van der Waals surface area contributed by atoms with Crippen molar-refractivity contribution in [1.82, 2.24) is 9.80 Å². The van der Waals surface area contributed by atoms with Gasteiger partial charge >= 0.3 is 0 Å². The second kappa shape index (κ2) is 10.6. The van der Waals surface area contributed by atoms with Gasteiger partial charge in [-0.15, -0.1) is 0 Å². The van der Waals surface area contributed by atoms with Crippen LogP contribution in [-0.2, 0) is 9.59 Å². The van der Waals surface area contributed by atoms with Crippen LogP contribution in [0.15, 0.2) is 71.2 Å². The largest absolute Gasteiger partial charge is 0.507 e. The molecule has 1 heterocycles. The van der Waals surface area contributed by atoms with E-state index in [0.29, 0.717) is 30.9 Å². The summed E-state index contributed by atoms with van der Waals surface area (Å²) in [5.41, 5.74) is 1.30. The Balaban J connectivity index is 2.03. The Bertz CT molecular complexity index is 1030. The van der Waals surface area contributed by atoms with Crippen LogP contribution in [0.4, 0.5) is 0 Å². The average Bonchev–Trinajstić information content (AvgIpc) is 3.02. The van der Waals surface area contributed by atoms with Crippen LogP contribution in [0.3, 0.4) is 0 Å². The first-order chi connectivity index (χ1) is 15.3. The maximum Gasteiger partial charge on any atom is 0.295 e. The van der Waals surface area contributed by atoms with E-state index >= 15 is 0 Å². The monoisotopic (exact) mass is 498 g/mol. The fourth-order valence-corrected chi connectivity index (χ4v) is 4.13. The van der Waals surface area contributed by atoms with E-state index in [9.17, 15) is 14.7 Å². The van der Waals surface area contributed by atoms with E-state index in [1.54, 1.807) is 35.2 Å². The molecule has 7 heteroatoms. The molecule has 0 bridgehead atoms. The summed E-state index contributed by atoms with van der Waals surface area (Å²) < 4.78 is 6.31. The number of ether oxygens (including phenoxy) is 1. The van der Waals surface area contributed by atoms with Crippen LogP contribution in [0.5, 0.6) is 5.75 Å². The molecule has 32 heavy (non-hydrogen) atoms. The summed E-state index contributed by atoms with van der Waals surface area (Å²) in [5, 5.41) is 11.1.